The first-order valence-electron chi connectivity index (χ1n) is 6.12. The summed E-state index contributed by atoms with van der Waals surface area (Å²) in [5.74, 6) is -1.24. The fraction of sp³-hybridized carbons (Fsp3) is 0.385. The molecule has 1 aromatic carbocycles. The van der Waals surface area contributed by atoms with E-state index in [9.17, 15) is 13.2 Å². The lowest BCUT2D eigenvalue weighted by atomic mass is 10.1. The molecule has 0 spiro atoms. The molecule has 1 rings (SSSR count). The molecule has 0 radical (unpaired) electrons. The number of halogens is 1. The van der Waals surface area contributed by atoms with Crippen LogP contribution in [0.3, 0.4) is 0 Å². The van der Waals surface area contributed by atoms with Crippen LogP contribution < -0.4 is 4.72 Å². The quantitative estimate of drug-likeness (QED) is 0.792. The molecule has 0 saturated carbocycles. The second-order valence-electron chi connectivity index (χ2n) is 4.87. The summed E-state index contributed by atoms with van der Waals surface area (Å²) in [5.41, 5.74) is -0.0568. The van der Waals surface area contributed by atoms with Gasteiger partial charge in [0.1, 0.15) is 17.0 Å². The van der Waals surface area contributed by atoms with Crippen LogP contribution in [0.4, 0.5) is 0 Å². The second-order valence-corrected chi connectivity index (χ2v) is 7.40. The normalized spacial score (nSPS) is 12.9. The van der Waals surface area contributed by atoms with Gasteiger partial charge in [0, 0.05) is 4.47 Å². The highest BCUT2D eigenvalue weighted by Gasteiger charge is 2.28. The molecule has 1 aromatic rings. The minimum absolute atomic E-state index is 0.00625. The number of aliphatic carboxylic acids is 1. The molecule has 0 aliphatic carbocycles. The molecular formula is C13H15BrN2O4S. The maximum atomic E-state index is 12.3. The largest absolute Gasteiger partial charge is 0.480 e. The smallest absolute Gasteiger partial charge is 0.321 e. The van der Waals surface area contributed by atoms with E-state index in [4.69, 9.17) is 10.4 Å². The van der Waals surface area contributed by atoms with Gasteiger partial charge in [-0.25, -0.2) is 8.42 Å². The molecule has 0 aliphatic heterocycles. The zero-order valence-corrected chi connectivity index (χ0v) is 13.9. The minimum atomic E-state index is -4.10. The summed E-state index contributed by atoms with van der Waals surface area (Å²) in [6, 6.07) is 4.84. The van der Waals surface area contributed by atoms with Crippen LogP contribution in [-0.4, -0.2) is 25.5 Å². The molecule has 21 heavy (non-hydrogen) atoms. The number of carbonyl (C=O) groups is 1. The zero-order valence-electron chi connectivity index (χ0n) is 11.5. The third-order valence-electron chi connectivity index (χ3n) is 2.68. The average molecular weight is 375 g/mol. The van der Waals surface area contributed by atoms with E-state index >= 15 is 0 Å². The molecule has 0 fully saturated rings. The van der Waals surface area contributed by atoms with Gasteiger partial charge in [0.2, 0.25) is 10.0 Å². The molecule has 114 valence electrons. The number of hydrogen-bond acceptors (Lipinski definition) is 4. The number of rotatable bonds is 6. The molecule has 8 heteroatoms. The lowest BCUT2D eigenvalue weighted by Gasteiger charge is -2.17. The number of nitrogens with zero attached hydrogens (tertiary/aromatic N) is 1. The Morgan fingerprint density at radius 2 is 2.10 bits per heavy atom. The van der Waals surface area contributed by atoms with E-state index in [1.54, 1.807) is 26.0 Å². The molecule has 1 atom stereocenters. The maximum Gasteiger partial charge on any atom is 0.321 e. The third-order valence-corrected chi connectivity index (χ3v) is 4.85. The van der Waals surface area contributed by atoms with Gasteiger partial charge < -0.3 is 5.11 Å². The number of nitrogens with one attached hydrogen (secondary N) is 1. The summed E-state index contributed by atoms with van der Waals surface area (Å²) in [6.07, 6.45) is 0.157. The van der Waals surface area contributed by atoms with Crippen molar-refractivity contribution in [3.63, 3.8) is 0 Å². The molecule has 0 aromatic heterocycles. The first kappa shape index (κ1) is 17.6. The van der Waals surface area contributed by atoms with Crippen LogP contribution in [0.2, 0.25) is 0 Å². The summed E-state index contributed by atoms with van der Waals surface area (Å²) in [5, 5.41) is 18.2. The molecule has 2 N–H and O–H groups in total. The Labute approximate surface area is 132 Å². The number of nitriles is 1. The fourth-order valence-electron chi connectivity index (χ4n) is 1.76. The van der Waals surface area contributed by atoms with Crippen LogP contribution in [-0.2, 0) is 14.8 Å². The van der Waals surface area contributed by atoms with E-state index in [0.29, 0.717) is 4.47 Å². The summed E-state index contributed by atoms with van der Waals surface area (Å²) >= 11 is 3.10. The predicted octanol–water partition coefficient (Wildman–Crippen LogP) is 2.10. The van der Waals surface area contributed by atoms with Gasteiger partial charge in [-0.3, -0.25) is 4.79 Å². The molecule has 0 saturated heterocycles. The Hall–Kier alpha value is -1.43. The van der Waals surface area contributed by atoms with Gasteiger partial charge >= 0.3 is 5.97 Å². The van der Waals surface area contributed by atoms with Crippen LogP contribution in [0.5, 0.6) is 0 Å². The lowest BCUT2D eigenvalue weighted by Crippen LogP contribution is -2.41. The zero-order chi connectivity index (χ0) is 16.2. The standard InChI is InChI=1S/C13H15BrN2O4S/c1-8(2)6-11(13(17)18)16-21(19,20)12-5-3-4-10(14)9(12)7-15/h3-5,8,11,16H,6H2,1-2H3,(H,17,18)/t11-/m1/s1. The van der Waals surface area contributed by atoms with E-state index in [2.05, 4.69) is 20.7 Å². The van der Waals surface area contributed by atoms with Gasteiger partial charge in [-0.05, 0) is 40.4 Å². The van der Waals surface area contributed by atoms with E-state index in [1.807, 2.05) is 0 Å². The number of benzene rings is 1. The number of carboxylic acid groups (broad SMARTS) is 1. The van der Waals surface area contributed by atoms with Crippen LogP contribution in [0.1, 0.15) is 25.8 Å². The minimum Gasteiger partial charge on any atom is -0.480 e. The van der Waals surface area contributed by atoms with Crippen molar-refractivity contribution >= 4 is 31.9 Å². The van der Waals surface area contributed by atoms with Crippen molar-refractivity contribution < 1.29 is 18.3 Å². The predicted molar refractivity (Wildman–Crippen MR) is 80.1 cm³/mol. The monoisotopic (exact) mass is 374 g/mol. The topological polar surface area (TPSA) is 107 Å². The van der Waals surface area contributed by atoms with Gasteiger partial charge in [-0.2, -0.15) is 9.98 Å². The molecule has 0 unspecified atom stereocenters. The Kier molecular flexibility index (Phi) is 5.89. The van der Waals surface area contributed by atoms with Crippen LogP contribution >= 0.6 is 15.9 Å². The van der Waals surface area contributed by atoms with E-state index in [1.165, 1.54) is 12.1 Å². The molecule has 0 heterocycles. The SMILES string of the molecule is CC(C)C[C@@H](NS(=O)(=O)c1cccc(Br)c1C#N)C(=O)O. The first-order valence-corrected chi connectivity index (χ1v) is 8.40. The van der Waals surface area contributed by atoms with E-state index < -0.39 is 22.0 Å². The van der Waals surface area contributed by atoms with Crippen LogP contribution in [0, 0.1) is 17.2 Å². The van der Waals surface area contributed by atoms with Gasteiger partial charge in [0.15, 0.2) is 0 Å². The van der Waals surface area contributed by atoms with Crippen LogP contribution in [0.25, 0.3) is 0 Å². The van der Waals surface area contributed by atoms with Gasteiger partial charge in [0.05, 0.1) is 5.56 Å². The van der Waals surface area contributed by atoms with Crippen molar-refractivity contribution in [1.29, 1.82) is 5.26 Å². The highest BCUT2D eigenvalue weighted by molar-refractivity contribution is 9.10. The van der Waals surface area contributed by atoms with Gasteiger partial charge in [0.25, 0.3) is 0 Å². The molecule has 0 aliphatic rings. The Morgan fingerprint density at radius 3 is 2.57 bits per heavy atom. The Morgan fingerprint density at radius 1 is 1.48 bits per heavy atom. The summed E-state index contributed by atoms with van der Waals surface area (Å²) in [7, 11) is -4.10. The summed E-state index contributed by atoms with van der Waals surface area (Å²) in [4.78, 5) is 10.9. The second kappa shape index (κ2) is 7.02. The molecule has 0 amide bonds. The third kappa shape index (κ3) is 4.52. The highest BCUT2D eigenvalue weighted by Crippen LogP contribution is 2.24. The number of hydrogen-bond donors (Lipinski definition) is 2. The van der Waals surface area contributed by atoms with Crippen molar-refractivity contribution in [1.82, 2.24) is 4.72 Å². The lowest BCUT2D eigenvalue weighted by molar-refractivity contribution is -0.139. The van der Waals surface area contributed by atoms with E-state index in [0.717, 1.165) is 0 Å². The van der Waals surface area contributed by atoms with Gasteiger partial charge in [-0.1, -0.05) is 19.9 Å². The Bertz CT molecular complexity index is 680. The van der Waals surface area contributed by atoms with Crippen LogP contribution in [0.15, 0.2) is 27.6 Å². The average Bonchev–Trinajstić information content (AvgIpc) is 2.36. The summed E-state index contributed by atoms with van der Waals surface area (Å²) in [6.45, 7) is 3.59. The Balaban J connectivity index is 3.21. The van der Waals surface area contributed by atoms with Gasteiger partial charge in [-0.15, -0.1) is 0 Å². The molecular weight excluding hydrogens is 360 g/mol. The molecule has 6 nitrogen and oxygen atoms in total. The van der Waals surface area contributed by atoms with Crippen molar-refractivity contribution in [3.8, 4) is 6.07 Å². The number of carboxylic acids is 1. The number of sulfonamides is 1. The van der Waals surface area contributed by atoms with Crippen molar-refractivity contribution in [2.75, 3.05) is 0 Å². The van der Waals surface area contributed by atoms with Crippen molar-refractivity contribution in [3.05, 3.63) is 28.2 Å². The maximum absolute atomic E-state index is 12.3. The van der Waals surface area contributed by atoms with Crippen molar-refractivity contribution in [2.24, 2.45) is 5.92 Å². The van der Waals surface area contributed by atoms with Crippen molar-refractivity contribution in [2.45, 2.75) is 31.2 Å². The highest BCUT2D eigenvalue weighted by atomic mass is 79.9. The summed E-state index contributed by atoms with van der Waals surface area (Å²) < 4.78 is 27.1. The first-order chi connectivity index (χ1) is 9.69. The fourth-order valence-corrected chi connectivity index (χ4v) is 3.73. The molecule has 0 bridgehead atoms. The van der Waals surface area contributed by atoms with E-state index in [-0.39, 0.29) is 22.8 Å².